The van der Waals surface area contributed by atoms with Crippen molar-refractivity contribution >= 4 is 5.82 Å². The Hall–Kier alpha value is -1.87. The summed E-state index contributed by atoms with van der Waals surface area (Å²) < 4.78 is 0. The lowest BCUT2D eigenvalue weighted by Crippen LogP contribution is -2.43. The largest absolute Gasteiger partial charge is 0.354 e. The van der Waals surface area contributed by atoms with Crippen LogP contribution < -0.4 is 10.2 Å². The molecule has 20 heavy (non-hydrogen) atoms. The molecule has 1 aromatic heterocycles. The van der Waals surface area contributed by atoms with Crippen molar-refractivity contribution in [1.29, 1.82) is 0 Å². The van der Waals surface area contributed by atoms with Gasteiger partial charge in [-0.2, -0.15) is 0 Å². The average Bonchev–Trinajstić information content (AvgIpc) is 2.55. The lowest BCUT2D eigenvalue weighted by molar-refractivity contribution is 0.584. The summed E-state index contributed by atoms with van der Waals surface area (Å²) in [4.78, 5) is 7.16. The number of anilines is 1. The van der Waals surface area contributed by atoms with E-state index in [9.17, 15) is 0 Å². The smallest absolute Gasteiger partial charge is 0.128 e. The second-order valence-corrected chi connectivity index (χ2v) is 5.14. The van der Waals surface area contributed by atoms with Crippen LogP contribution >= 0.6 is 0 Å². The number of piperazine rings is 1. The summed E-state index contributed by atoms with van der Waals surface area (Å²) in [7, 11) is 0. The van der Waals surface area contributed by atoms with E-state index in [1.807, 2.05) is 12.1 Å². The van der Waals surface area contributed by atoms with Crippen LogP contribution in [0, 0.1) is 6.07 Å². The molecule has 0 spiro atoms. The summed E-state index contributed by atoms with van der Waals surface area (Å²) >= 11 is 0. The Balaban J connectivity index is 1.65. The molecule has 2 heterocycles. The van der Waals surface area contributed by atoms with E-state index in [0.717, 1.165) is 44.8 Å². The van der Waals surface area contributed by atoms with E-state index >= 15 is 0 Å². The van der Waals surface area contributed by atoms with Crippen molar-refractivity contribution in [1.82, 2.24) is 10.3 Å². The molecule has 1 aliphatic rings. The minimum atomic E-state index is 0.984. The molecule has 3 heteroatoms. The molecule has 0 saturated carbocycles. The van der Waals surface area contributed by atoms with Crippen LogP contribution in [0.1, 0.15) is 11.3 Å². The van der Waals surface area contributed by atoms with Crippen LogP contribution in [0.25, 0.3) is 0 Å². The zero-order valence-corrected chi connectivity index (χ0v) is 11.7. The number of pyridine rings is 1. The van der Waals surface area contributed by atoms with E-state index in [-0.39, 0.29) is 0 Å². The summed E-state index contributed by atoms with van der Waals surface area (Å²) in [6, 6.07) is 17.7. The summed E-state index contributed by atoms with van der Waals surface area (Å²) in [5, 5.41) is 3.37. The van der Waals surface area contributed by atoms with E-state index in [4.69, 9.17) is 4.98 Å². The van der Waals surface area contributed by atoms with Crippen LogP contribution in [0.4, 0.5) is 5.82 Å². The van der Waals surface area contributed by atoms with Gasteiger partial charge in [-0.25, -0.2) is 4.98 Å². The van der Waals surface area contributed by atoms with Gasteiger partial charge in [0.1, 0.15) is 5.82 Å². The van der Waals surface area contributed by atoms with Crippen molar-refractivity contribution in [3.63, 3.8) is 0 Å². The maximum Gasteiger partial charge on any atom is 0.128 e. The number of nitrogens with one attached hydrogen (secondary N) is 1. The van der Waals surface area contributed by atoms with Crippen LogP contribution in [0.3, 0.4) is 0 Å². The third-order valence-corrected chi connectivity index (χ3v) is 3.67. The highest BCUT2D eigenvalue weighted by atomic mass is 15.2. The van der Waals surface area contributed by atoms with Gasteiger partial charge in [-0.3, -0.25) is 0 Å². The molecule has 0 atom stereocenters. The van der Waals surface area contributed by atoms with Gasteiger partial charge in [-0.05, 0) is 36.6 Å². The SMILES string of the molecule is [c]1cccc(CCc2cccc(N3CCNCC3)n2)c1. The monoisotopic (exact) mass is 266 g/mol. The molecule has 2 aromatic rings. The maximum absolute atomic E-state index is 4.80. The van der Waals surface area contributed by atoms with Gasteiger partial charge in [-0.15, -0.1) is 0 Å². The van der Waals surface area contributed by atoms with Crippen LogP contribution in [0.2, 0.25) is 0 Å². The lowest BCUT2D eigenvalue weighted by Gasteiger charge is -2.28. The van der Waals surface area contributed by atoms with Gasteiger partial charge in [0.15, 0.2) is 0 Å². The highest BCUT2D eigenvalue weighted by Gasteiger charge is 2.11. The van der Waals surface area contributed by atoms with Crippen molar-refractivity contribution in [3.8, 4) is 0 Å². The first-order valence-corrected chi connectivity index (χ1v) is 7.28. The van der Waals surface area contributed by atoms with Gasteiger partial charge < -0.3 is 10.2 Å². The van der Waals surface area contributed by atoms with Crippen LogP contribution in [0.5, 0.6) is 0 Å². The molecule has 103 valence electrons. The van der Waals surface area contributed by atoms with E-state index in [0.29, 0.717) is 0 Å². The highest BCUT2D eigenvalue weighted by molar-refractivity contribution is 5.40. The van der Waals surface area contributed by atoms with Gasteiger partial charge in [0, 0.05) is 31.9 Å². The molecule has 0 aliphatic carbocycles. The molecule has 0 amide bonds. The van der Waals surface area contributed by atoms with E-state index in [1.54, 1.807) is 0 Å². The fraction of sp³-hybridized carbons (Fsp3) is 0.353. The van der Waals surface area contributed by atoms with Gasteiger partial charge in [0.25, 0.3) is 0 Å². The molecule has 1 radical (unpaired) electrons. The van der Waals surface area contributed by atoms with Gasteiger partial charge in [0.2, 0.25) is 0 Å². The van der Waals surface area contributed by atoms with Crippen molar-refractivity contribution in [2.24, 2.45) is 0 Å². The van der Waals surface area contributed by atoms with E-state index < -0.39 is 0 Å². The number of aromatic nitrogens is 1. The minimum Gasteiger partial charge on any atom is -0.354 e. The normalized spacial score (nSPS) is 15.3. The quantitative estimate of drug-likeness (QED) is 0.918. The molecule has 1 aromatic carbocycles. The van der Waals surface area contributed by atoms with Crippen molar-refractivity contribution in [2.75, 3.05) is 31.1 Å². The molecule has 0 unspecified atom stereocenters. The van der Waals surface area contributed by atoms with Gasteiger partial charge in [0.05, 0.1) is 0 Å². The first kappa shape index (κ1) is 13.1. The molecule has 0 bridgehead atoms. The van der Waals surface area contributed by atoms with Crippen LogP contribution in [-0.2, 0) is 12.8 Å². The number of nitrogens with zero attached hydrogens (tertiary/aromatic N) is 2. The predicted molar refractivity (Wildman–Crippen MR) is 82.0 cm³/mol. The Labute approximate surface area is 120 Å². The Bertz CT molecular complexity index is 533. The zero-order valence-electron chi connectivity index (χ0n) is 11.7. The van der Waals surface area contributed by atoms with Crippen LogP contribution in [-0.4, -0.2) is 31.2 Å². The Morgan fingerprint density at radius 3 is 2.80 bits per heavy atom. The first-order valence-electron chi connectivity index (χ1n) is 7.28. The van der Waals surface area contributed by atoms with E-state index in [2.05, 4.69) is 46.6 Å². The summed E-state index contributed by atoms with van der Waals surface area (Å²) in [5.74, 6) is 1.11. The fourth-order valence-corrected chi connectivity index (χ4v) is 2.53. The van der Waals surface area contributed by atoms with Gasteiger partial charge in [-0.1, -0.05) is 30.3 Å². The number of hydrogen-bond donors (Lipinski definition) is 1. The molecule has 1 N–H and O–H groups in total. The number of rotatable bonds is 4. The second-order valence-electron chi connectivity index (χ2n) is 5.14. The summed E-state index contributed by atoms with van der Waals surface area (Å²) in [5.41, 5.74) is 2.49. The average molecular weight is 266 g/mol. The number of hydrogen-bond acceptors (Lipinski definition) is 3. The zero-order chi connectivity index (χ0) is 13.6. The lowest BCUT2D eigenvalue weighted by atomic mass is 10.1. The minimum absolute atomic E-state index is 0.984. The molecule has 3 rings (SSSR count). The molecule has 3 nitrogen and oxygen atoms in total. The molecular weight excluding hydrogens is 246 g/mol. The fourth-order valence-electron chi connectivity index (χ4n) is 2.53. The predicted octanol–water partition coefficient (Wildman–Crippen LogP) is 2.08. The Kier molecular flexibility index (Phi) is 4.28. The topological polar surface area (TPSA) is 28.2 Å². The van der Waals surface area contributed by atoms with E-state index in [1.165, 1.54) is 11.3 Å². The van der Waals surface area contributed by atoms with Crippen LogP contribution in [0.15, 0.2) is 42.5 Å². The van der Waals surface area contributed by atoms with Crippen molar-refractivity contribution < 1.29 is 0 Å². The maximum atomic E-state index is 4.80. The molecule has 1 saturated heterocycles. The van der Waals surface area contributed by atoms with Gasteiger partial charge >= 0.3 is 0 Å². The highest BCUT2D eigenvalue weighted by Crippen LogP contribution is 2.13. The van der Waals surface area contributed by atoms with Crippen molar-refractivity contribution in [3.05, 3.63) is 59.8 Å². The Morgan fingerprint density at radius 2 is 2.00 bits per heavy atom. The second kappa shape index (κ2) is 6.53. The summed E-state index contributed by atoms with van der Waals surface area (Å²) in [6.45, 7) is 4.19. The third-order valence-electron chi connectivity index (χ3n) is 3.67. The molecule has 1 aliphatic heterocycles. The standard InChI is InChI=1S/C17H20N3/c1-2-5-15(6-3-1)9-10-16-7-4-8-17(19-16)20-13-11-18-12-14-20/h1-2,4-8,18H,9-14H2. The first-order chi connectivity index (χ1) is 9.92. The molecule has 1 fully saturated rings. The number of aryl methyl sites for hydroxylation is 2. The Morgan fingerprint density at radius 1 is 1.10 bits per heavy atom. The molecular formula is C17H20N3. The number of benzene rings is 1. The summed E-state index contributed by atoms with van der Waals surface area (Å²) in [6.07, 6.45) is 2.01. The van der Waals surface area contributed by atoms with Crippen molar-refractivity contribution in [2.45, 2.75) is 12.8 Å². The third kappa shape index (κ3) is 3.36.